The summed E-state index contributed by atoms with van der Waals surface area (Å²) >= 11 is 6.17. The van der Waals surface area contributed by atoms with Crippen LogP contribution in [0.25, 0.3) is 22.0 Å². The molecule has 0 fully saturated rings. The fourth-order valence-corrected chi connectivity index (χ4v) is 4.60. The summed E-state index contributed by atoms with van der Waals surface area (Å²) in [6.45, 7) is 2.49. The van der Waals surface area contributed by atoms with E-state index in [-0.39, 0.29) is 11.5 Å². The molecule has 0 spiro atoms. The van der Waals surface area contributed by atoms with Crippen LogP contribution in [0.5, 0.6) is 0 Å². The molecule has 1 aromatic heterocycles. The molecule has 6 heteroatoms. The third-order valence-electron chi connectivity index (χ3n) is 6.28. The van der Waals surface area contributed by atoms with Crippen molar-refractivity contribution in [2.45, 2.75) is 26.3 Å². The predicted octanol–water partition coefficient (Wildman–Crippen LogP) is 6.97. The van der Waals surface area contributed by atoms with Crippen molar-refractivity contribution in [3.05, 3.63) is 129 Å². The number of benzene rings is 4. The van der Waals surface area contributed by atoms with E-state index in [9.17, 15) is 9.59 Å². The second kappa shape index (κ2) is 10.8. The zero-order valence-electron chi connectivity index (χ0n) is 20.4. The topological polar surface area (TPSA) is 64.0 Å². The molecule has 0 aliphatic rings. The zero-order valence-corrected chi connectivity index (χ0v) is 21.2. The van der Waals surface area contributed by atoms with E-state index in [1.165, 1.54) is 0 Å². The second-order valence-corrected chi connectivity index (χ2v) is 9.31. The fraction of sp³-hybridized carbons (Fsp3) is 0.129. The van der Waals surface area contributed by atoms with Gasteiger partial charge in [-0.2, -0.15) is 0 Å². The molecular formula is C31H26ClN3O2. The lowest BCUT2D eigenvalue weighted by Crippen LogP contribution is -2.26. The van der Waals surface area contributed by atoms with Crippen molar-refractivity contribution in [1.82, 2.24) is 9.55 Å². The molecule has 0 saturated carbocycles. The molecular weight excluding hydrogens is 482 g/mol. The Morgan fingerprint density at radius 1 is 0.892 bits per heavy atom. The van der Waals surface area contributed by atoms with Crippen LogP contribution in [0, 0.1) is 0 Å². The van der Waals surface area contributed by atoms with Gasteiger partial charge in [0.1, 0.15) is 5.82 Å². The molecule has 0 radical (unpaired) electrons. The Balaban J connectivity index is 1.48. The van der Waals surface area contributed by atoms with Gasteiger partial charge in [0.2, 0.25) is 0 Å². The Morgan fingerprint density at radius 3 is 2.32 bits per heavy atom. The summed E-state index contributed by atoms with van der Waals surface area (Å²) in [6.07, 6.45) is 1.56. The summed E-state index contributed by atoms with van der Waals surface area (Å²) in [6, 6.07) is 30.5. The molecule has 1 amide bonds. The van der Waals surface area contributed by atoms with Gasteiger partial charge in [0.05, 0.1) is 28.0 Å². The summed E-state index contributed by atoms with van der Waals surface area (Å²) < 4.78 is 1.74. The van der Waals surface area contributed by atoms with Crippen molar-refractivity contribution in [2.75, 3.05) is 5.32 Å². The number of amides is 1. The molecule has 4 aromatic carbocycles. The van der Waals surface area contributed by atoms with E-state index in [4.69, 9.17) is 16.6 Å². The van der Waals surface area contributed by atoms with Crippen LogP contribution in [0.4, 0.5) is 5.69 Å². The van der Waals surface area contributed by atoms with Crippen LogP contribution in [0.2, 0.25) is 5.02 Å². The SMILES string of the molecule is CCCc1nc2ccc(NC(=O)c3ccccc3Cl)cc2c(=O)n1Cc1ccc(-c2ccccc2)cc1. The molecule has 5 aromatic rings. The molecule has 5 nitrogen and oxygen atoms in total. The van der Waals surface area contributed by atoms with Crippen LogP contribution >= 0.6 is 11.6 Å². The summed E-state index contributed by atoms with van der Waals surface area (Å²) in [4.78, 5) is 31.2. The third-order valence-corrected chi connectivity index (χ3v) is 6.61. The molecule has 5 rings (SSSR count). The number of anilines is 1. The maximum absolute atomic E-state index is 13.7. The first kappa shape index (κ1) is 24.5. The van der Waals surface area contributed by atoms with Crippen molar-refractivity contribution >= 4 is 34.1 Å². The predicted molar refractivity (Wildman–Crippen MR) is 150 cm³/mol. The van der Waals surface area contributed by atoms with E-state index in [0.717, 1.165) is 28.9 Å². The molecule has 37 heavy (non-hydrogen) atoms. The highest BCUT2D eigenvalue weighted by Crippen LogP contribution is 2.22. The first-order chi connectivity index (χ1) is 18.0. The number of fused-ring (bicyclic) bond motifs is 1. The zero-order chi connectivity index (χ0) is 25.8. The standard InChI is InChI=1S/C31H26ClN3O2/c1-2-8-29-34-28-18-17-24(33-30(36)25-11-6-7-12-27(25)32)19-26(28)31(37)35(29)20-21-13-15-23(16-14-21)22-9-4-3-5-10-22/h3-7,9-19H,2,8,20H2,1H3,(H,33,36). The number of carbonyl (C=O) groups is 1. The fourth-order valence-electron chi connectivity index (χ4n) is 4.38. The number of aromatic nitrogens is 2. The van der Waals surface area contributed by atoms with E-state index in [1.54, 1.807) is 47.0 Å². The minimum Gasteiger partial charge on any atom is -0.322 e. The highest BCUT2D eigenvalue weighted by molar-refractivity contribution is 6.34. The first-order valence-electron chi connectivity index (χ1n) is 12.3. The minimum atomic E-state index is -0.334. The molecule has 0 saturated heterocycles. The maximum atomic E-state index is 13.7. The van der Waals surface area contributed by atoms with Gasteiger partial charge < -0.3 is 5.32 Å². The van der Waals surface area contributed by atoms with Crippen molar-refractivity contribution in [3.8, 4) is 11.1 Å². The van der Waals surface area contributed by atoms with Crippen molar-refractivity contribution in [3.63, 3.8) is 0 Å². The molecule has 1 heterocycles. The van der Waals surface area contributed by atoms with Crippen molar-refractivity contribution in [1.29, 1.82) is 0 Å². The van der Waals surface area contributed by atoms with E-state index in [1.807, 2.05) is 18.2 Å². The number of hydrogen-bond donors (Lipinski definition) is 1. The Bertz CT molecular complexity index is 1630. The Hall–Kier alpha value is -4.22. The first-order valence-corrected chi connectivity index (χ1v) is 12.6. The van der Waals surface area contributed by atoms with Crippen LogP contribution in [-0.2, 0) is 13.0 Å². The van der Waals surface area contributed by atoms with Crippen molar-refractivity contribution in [2.24, 2.45) is 0 Å². The van der Waals surface area contributed by atoms with Gasteiger partial charge in [0.25, 0.3) is 11.5 Å². The molecule has 0 bridgehead atoms. The smallest absolute Gasteiger partial charge is 0.261 e. The molecule has 0 aliphatic heterocycles. The Morgan fingerprint density at radius 2 is 1.59 bits per heavy atom. The number of rotatable bonds is 7. The highest BCUT2D eigenvalue weighted by Gasteiger charge is 2.14. The Kier molecular flexibility index (Phi) is 7.15. The van der Waals surface area contributed by atoms with Gasteiger partial charge >= 0.3 is 0 Å². The number of halogens is 1. The Labute approximate surface area is 220 Å². The van der Waals surface area contributed by atoms with Gasteiger partial charge in [-0.15, -0.1) is 0 Å². The van der Waals surface area contributed by atoms with E-state index >= 15 is 0 Å². The average molecular weight is 508 g/mol. The van der Waals surface area contributed by atoms with Gasteiger partial charge in [-0.3, -0.25) is 14.2 Å². The molecule has 0 atom stereocenters. The number of nitrogens with one attached hydrogen (secondary N) is 1. The number of nitrogens with zero attached hydrogens (tertiary/aromatic N) is 2. The maximum Gasteiger partial charge on any atom is 0.261 e. The van der Waals surface area contributed by atoms with Gasteiger partial charge in [-0.25, -0.2) is 4.98 Å². The number of hydrogen-bond acceptors (Lipinski definition) is 3. The summed E-state index contributed by atoms with van der Waals surface area (Å²) in [7, 11) is 0. The van der Waals surface area contributed by atoms with Crippen molar-refractivity contribution < 1.29 is 4.79 Å². The van der Waals surface area contributed by atoms with E-state index in [2.05, 4.69) is 48.6 Å². The van der Waals surface area contributed by atoms with Gasteiger partial charge in [0, 0.05) is 12.1 Å². The van der Waals surface area contributed by atoms with E-state index < -0.39 is 0 Å². The molecule has 1 N–H and O–H groups in total. The quantitative estimate of drug-likeness (QED) is 0.259. The molecule has 184 valence electrons. The molecule has 0 aliphatic carbocycles. The van der Waals surface area contributed by atoms with Crippen LogP contribution in [0.1, 0.15) is 35.1 Å². The van der Waals surface area contributed by atoms with Crippen LogP contribution in [-0.4, -0.2) is 15.5 Å². The van der Waals surface area contributed by atoms with E-state index in [0.29, 0.717) is 40.1 Å². The second-order valence-electron chi connectivity index (χ2n) is 8.90. The highest BCUT2D eigenvalue weighted by atomic mass is 35.5. The summed E-state index contributed by atoms with van der Waals surface area (Å²) in [5, 5.41) is 3.67. The number of aryl methyl sites for hydroxylation is 1. The summed E-state index contributed by atoms with van der Waals surface area (Å²) in [5.74, 6) is 0.416. The third kappa shape index (κ3) is 5.32. The van der Waals surface area contributed by atoms with Gasteiger partial charge in [-0.05, 0) is 53.4 Å². The minimum absolute atomic E-state index is 0.130. The van der Waals surface area contributed by atoms with Crippen LogP contribution in [0.3, 0.4) is 0 Å². The lowest BCUT2D eigenvalue weighted by molar-refractivity contribution is 0.102. The monoisotopic (exact) mass is 507 g/mol. The average Bonchev–Trinajstić information content (AvgIpc) is 2.92. The molecule has 0 unspecified atom stereocenters. The van der Waals surface area contributed by atoms with Gasteiger partial charge in [0.15, 0.2) is 0 Å². The van der Waals surface area contributed by atoms with Gasteiger partial charge in [-0.1, -0.05) is 85.3 Å². The number of carbonyl (C=O) groups excluding carboxylic acids is 1. The van der Waals surface area contributed by atoms with Crippen LogP contribution < -0.4 is 10.9 Å². The lowest BCUT2D eigenvalue weighted by atomic mass is 10.0. The summed E-state index contributed by atoms with van der Waals surface area (Å²) in [5.41, 5.74) is 4.66. The lowest BCUT2D eigenvalue weighted by Gasteiger charge is -2.14. The largest absolute Gasteiger partial charge is 0.322 e. The normalized spacial score (nSPS) is 11.0. The van der Waals surface area contributed by atoms with Crippen LogP contribution in [0.15, 0.2) is 102 Å².